The summed E-state index contributed by atoms with van der Waals surface area (Å²) in [5.41, 5.74) is 4.61. The summed E-state index contributed by atoms with van der Waals surface area (Å²) in [6.07, 6.45) is 5.52. The summed E-state index contributed by atoms with van der Waals surface area (Å²) < 4.78 is 7.40. The second-order valence-electron chi connectivity index (χ2n) is 7.43. The number of rotatable bonds is 11. The summed E-state index contributed by atoms with van der Waals surface area (Å²) in [5.74, 6) is 1.04. The lowest BCUT2D eigenvalue weighted by Gasteiger charge is -2.13. The molecule has 1 aromatic heterocycles. The molecular weight excluding hydrogens is 372 g/mol. The third-order valence-electron chi connectivity index (χ3n) is 5.28. The molecule has 0 saturated carbocycles. The van der Waals surface area contributed by atoms with Gasteiger partial charge in [-0.3, -0.25) is 4.79 Å². The molecule has 0 bridgehead atoms. The number of unbranched alkanes of at least 4 members (excludes halogenated alkanes) is 3. The molecule has 0 amide bonds. The number of aromatic nitrogens is 2. The third-order valence-corrected chi connectivity index (χ3v) is 5.28. The van der Waals surface area contributed by atoms with E-state index in [9.17, 15) is 4.79 Å². The summed E-state index contributed by atoms with van der Waals surface area (Å²) in [5, 5.41) is 0. The quantitative estimate of drug-likeness (QED) is 0.278. The molecule has 1 heterocycles. The Morgan fingerprint density at radius 2 is 1.50 bits per heavy atom. The van der Waals surface area contributed by atoms with Gasteiger partial charge in [-0.05, 0) is 19.8 Å². The standard InChI is InChI=1S/C26H32N2O2/c1-3-23-27-25(21-15-9-7-10-16-21)26(22-17-11-8-12-18-22)28(23)20-14-6-5-13-19-24(29)30-4-2/h7-12,15-18H,3-6,13-14,19-20H2,1-2H3. The van der Waals surface area contributed by atoms with E-state index >= 15 is 0 Å². The van der Waals surface area contributed by atoms with E-state index in [2.05, 4.69) is 66.1 Å². The highest BCUT2D eigenvalue weighted by Gasteiger charge is 2.18. The first-order valence-corrected chi connectivity index (χ1v) is 11.1. The summed E-state index contributed by atoms with van der Waals surface area (Å²) in [7, 11) is 0. The first-order valence-electron chi connectivity index (χ1n) is 11.1. The minimum absolute atomic E-state index is 0.0840. The van der Waals surface area contributed by atoms with E-state index in [0.717, 1.165) is 55.7 Å². The second-order valence-corrected chi connectivity index (χ2v) is 7.43. The summed E-state index contributed by atoms with van der Waals surface area (Å²) >= 11 is 0. The average Bonchev–Trinajstić information content (AvgIpc) is 3.16. The highest BCUT2D eigenvalue weighted by atomic mass is 16.5. The number of hydrogen-bond acceptors (Lipinski definition) is 3. The van der Waals surface area contributed by atoms with Crippen molar-refractivity contribution in [1.29, 1.82) is 0 Å². The molecular formula is C26H32N2O2. The topological polar surface area (TPSA) is 44.1 Å². The molecule has 3 aromatic rings. The highest BCUT2D eigenvalue weighted by Crippen LogP contribution is 2.33. The van der Waals surface area contributed by atoms with Crippen molar-refractivity contribution in [3.63, 3.8) is 0 Å². The largest absolute Gasteiger partial charge is 0.466 e. The lowest BCUT2D eigenvalue weighted by molar-refractivity contribution is -0.143. The van der Waals surface area contributed by atoms with Crippen molar-refractivity contribution in [2.75, 3.05) is 6.61 Å². The summed E-state index contributed by atoms with van der Waals surface area (Å²) in [6.45, 7) is 5.42. The van der Waals surface area contributed by atoms with Crippen LogP contribution in [-0.4, -0.2) is 22.1 Å². The molecule has 0 aliphatic carbocycles. The molecule has 0 atom stereocenters. The number of ether oxygens (including phenoxy) is 1. The number of aryl methyl sites for hydroxylation is 1. The molecule has 2 aromatic carbocycles. The van der Waals surface area contributed by atoms with Crippen molar-refractivity contribution in [2.24, 2.45) is 0 Å². The summed E-state index contributed by atoms with van der Waals surface area (Å²) in [6, 6.07) is 21.0. The molecule has 158 valence electrons. The fraction of sp³-hybridized carbons (Fsp3) is 0.385. The van der Waals surface area contributed by atoms with E-state index in [1.807, 2.05) is 13.0 Å². The molecule has 0 N–H and O–H groups in total. The Kier molecular flexibility index (Phi) is 8.25. The van der Waals surface area contributed by atoms with Gasteiger partial charge >= 0.3 is 5.97 Å². The van der Waals surface area contributed by atoms with Gasteiger partial charge in [-0.15, -0.1) is 0 Å². The minimum atomic E-state index is -0.0840. The van der Waals surface area contributed by atoms with Gasteiger partial charge in [0, 0.05) is 30.5 Å². The maximum absolute atomic E-state index is 11.5. The van der Waals surface area contributed by atoms with Crippen molar-refractivity contribution in [3.8, 4) is 22.5 Å². The molecule has 3 rings (SSSR count). The van der Waals surface area contributed by atoms with E-state index in [4.69, 9.17) is 9.72 Å². The molecule has 0 spiro atoms. The van der Waals surface area contributed by atoms with Crippen molar-refractivity contribution in [2.45, 2.75) is 58.9 Å². The van der Waals surface area contributed by atoms with Gasteiger partial charge in [-0.1, -0.05) is 80.4 Å². The molecule has 0 unspecified atom stereocenters. The predicted octanol–water partition coefficient (Wildman–Crippen LogP) is 6.29. The number of imidazole rings is 1. The molecule has 30 heavy (non-hydrogen) atoms. The van der Waals surface area contributed by atoms with E-state index in [0.29, 0.717) is 13.0 Å². The first kappa shape index (κ1) is 21.8. The van der Waals surface area contributed by atoms with Crippen molar-refractivity contribution in [3.05, 3.63) is 66.5 Å². The van der Waals surface area contributed by atoms with Gasteiger partial charge < -0.3 is 9.30 Å². The van der Waals surface area contributed by atoms with Crippen LogP contribution in [0.25, 0.3) is 22.5 Å². The number of carbonyl (C=O) groups excluding carboxylic acids is 1. The maximum Gasteiger partial charge on any atom is 0.305 e. The second kappa shape index (κ2) is 11.3. The van der Waals surface area contributed by atoms with E-state index in [-0.39, 0.29) is 5.97 Å². The van der Waals surface area contributed by atoms with E-state index in [1.165, 1.54) is 11.3 Å². The lowest BCUT2D eigenvalue weighted by atomic mass is 10.0. The Bertz CT molecular complexity index is 917. The van der Waals surface area contributed by atoms with Crippen LogP contribution in [0.5, 0.6) is 0 Å². The minimum Gasteiger partial charge on any atom is -0.466 e. The number of benzene rings is 2. The van der Waals surface area contributed by atoms with Gasteiger partial charge in [-0.25, -0.2) is 4.98 Å². The number of esters is 1. The van der Waals surface area contributed by atoms with Crippen LogP contribution in [0, 0.1) is 0 Å². The van der Waals surface area contributed by atoms with Gasteiger partial charge in [0.05, 0.1) is 18.0 Å². The monoisotopic (exact) mass is 404 g/mol. The van der Waals surface area contributed by atoms with E-state index in [1.54, 1.807) is 0 Å². The molecule has 0 aliphatic heterocycles. The Balaban J connectivity index is 1.76. The fourth-order valence-electron chi connectivity index (χ4n) is 3.82. The van der Waals surface area contributed by atoms with Crippen LogP contribution in [-0.2, 0) is 22.5 Å². The molecule has 0 fully saturated rings. The fourth-order valence-corrected chi connectivity index (χ4v) is 3.82. The Morgan fingerprint density at radius 3 is 2.13 bits per heavy atom. The first-order chi connectivity index (χ1) is 14.7. The van der Waals surface area contributed by atoms with Crippen molar-refractivity contribution >= 4 is 5.97 Å². The van der Waals surface area contributed by atoms with Gasteiger partial charge in [0.15, 0.2) is 0 Å². The summed E-state index contributed by atoms with van der Waals surface area (Å²) in [4.78, 5) is 16.5. The Labute approximate surface area is 179 Å². The average molecular weight is 405 g/mol. The zero-order valence-corrected chi connectivity index (χ0v) is 18.1. The smallest absolute Gasteiger partial charge is 0.305 e. The Hall–Kier alpha value is -2.88. The Morgan fingerprint density at radius 1 is 0.867 bits per heavy atom. The van der Waals surface area contributed by atoms with Crippen LogP contribution in [0.1, 0.15) is 51.8 Å². The number of hydrogen-bond donors (Lipinski definition) is 0. The van der Waals surface area contributed by atoms with Crippen LogP contribution in [0.2, 0.25) is 0 Å². The lowest BCUT2D eigenvalue weighted by Crippen LogP contribution is -2.06. The molecule has 4 heteroatoms. The van der Waals surface area contributed by atoms with Crippen LogP contribution in [0.3, 0.4) is 0 Å². The zero-order valence-electron chi connectivity index (χ0n) is 18.1. The van der Waals surface area contributed by atoms with Crippen LogP contribution >= 0.6 is 0 Å². The molecule has 0 aliphatic rings. The highest BCUT2D eigenvalue weighted by molar-refractivity contribution is 5.79. The predicted molar refractivity (Wildman–Crippen MR) is 122 cm³/mol. The number of nitrogens with zero attached hydrogens (tertiary/aromatic N) is 2. The van der Waals surface area contributed by atoms with Gasteiger partial charge in [-0.2, -0.15) is 0 Å². The van der Waals surface area contributed by atoms with E-state index < -0.39 is 0 Å². The van der Waals surface area contributed by atoms with Gasteiger partial charge in [0.1, 0.15) is 5.82 Å². The molecule has 0 radical (unpaired) electrons. The van der Waals surface area contributed by atoms with Gasteiger partial charge in [0.2, 0.25) is 0 Å². The normalized spacial score (nSPS) is 10.9. The SMILES string of the molecule is CCOC(=O)CCCCCCn1c(CC)nc(-c2ccccc2)c1-c1ccccc1. The zero-order chi connectivity index (χ0) is 21.2. The van der Waals surface area contributed by atoms with Gasteiger partial charge in [0.25, 0.3) is 0 Å². The van der Waals surface area contributed by atoms with Crippen LogP contribution < -0.4 is 0 Å². The van der Waals surface area contributed by atoms with Crippen LogP contribution in [0.4, 0.5) is 0 Å². The van der Waals surface area contributed by atoms with Crippen molar-refractivity contribution in [1.82, 2.24) is 9.55 Å². The number of carbonyl (C=O) groups is 1. The molecule has 0 saturated heterocycles. The van der Waals surface area contributed by atoms with Crippen molar-refractivity contribution < 1.29 is 9.53 Å². The maximum atomic E-state index is 11.5. The third kappa shape index (κ3) is 5.59. The molecule has 4 nitrogen and oxygen atoms in total. The van der Waals surface area contributed by atoms with Crippen LogP contribution in [0.15, 0.2) is 60.7 Å².